The highest BCUT2D eigenvalue weighted by atomic mass is 15.1. The maximum atomic E-state index is 4.61. The van der Waals surface area contributed by atoms with Gasteiger partial charge >= 0.3 is 0 Å². The molecule has 0 amide bonds. The summed E-state index contributed by atoms with van der Waals surface area (Å²) in [6.45, 7) is 2.11. The number of hydrogen-bond acceptors (Lipinski definition) is 2. The van der Waals surface area contributed by atoms with Crippen LogP contribution in [0.25, 0.3) is 11.0 Å². The van der Waals surface area contributed by atoms with E-state index in [1.165, 1.54) is 44.1 Å². The molecule has 2 N–H and O–H groups in total. The van der Waals surface area contributed by atoms with Crippen LogP contribution in [0.15, 0.2) is 18.2 Å². The van der Waals surface area contributed by atoms with Crippen molar-refractivity contribution >= 4 is 17.0 Å². The lowest BCUT2D eigenvalue weighted by Gasteiger charge is -2.14. The molecule has 0 unspecified atom stereocenters. The van der Waals surface area contributed by atoms with Gasteiger partial charge in [0.25, 0.3) is 0 Å². The van der Waals surface area contributed by atoms with Crippen molar-refractivity contribution in [2.45, 2.75) is 51.5 Å². The van der Waals surface area contributed by atoms with E-state index < -0.39 is 0 Å². The zero-order chi connectivity index (χ0) is 12.4. The van der Waals surface area contributed by atoms with E-state index in [1.807, 2.05) is 0 Å². The highest BCUT2D eigenvalue weighted by Crippen LogP contribution is 2.21. The van der Waals surface area contributed by atoms with Gasteiger partial charge in [-0.15, -0.1) is 0 Å². The first kappa shape index (κ1) is 11.6. The van der Waals surface area contributed by atoms with Gasteiger partial charge in [0.2, 0.25) is 5.95 Å². The van der Waals surface area contributed by atoms with Crippen LogP contribution >= 0.6 is 0 Å². The van der Waals surface area contributed by atoms with E-state index in [0.29, 0.717) is 6.04 Å². The Morgan fingerprint density at radius 3 is 2.72 bits per heavy atom. The van der Waals surface area contributed by atoms with Crippen LogP contribution in [-0.4, -0.2) is 16.0 Å². The molecule has 1 fully saturated rings. The van der Waals surface area contributed by atoms with E-state index >= 15 is 0 Å². The van der Waals surface area contributed by atoms with Crippen LogP contribution in [0, 0.1) is 6.92 Å². The molecule has 1 saturated carbocycles. The van der Waals surface area contributed by atoms with Crippen molar-refractivity contribution in [1.29, 1.82) is 0 Å². The Hall–Kier alpha value is -1.51. The molecule has 96 valence electrons. The molecule has 3 nitrogen and oxygen atoms in total. The summed E-state index contributed by atoms with van der Waals surface area (Å²) < 4.78 is 0. The maximum absolute atomic E-state index is 4.61. The van der Waals surface area contributed by atoms with Gasteiger partial charge in [-0.25, -0.2) is 4.98 Å². The number of H-pyrrole nitrogens is 1. The van der Waals surface area contributed by atoms with Crippen LogP contribution in [0.5, 0.6) is 0 Å². The van der Waals surface area contributed by atoms with Crippen molar-refractivity contribution in [1.82, 2.24) is 9.97 Å². The van der Waals surface area contributed by atoms with Gasteiger partial charge in [-0.2, -0.15) is 0 Å². The minimum Gasteiger partial charge on any atom is -0.353 e. The van der Waals surface area contributed by atoms with Crippen molar-refractivity contribution in [3.63, 3.8) is 0 Å². The molecular formula is C15H21N3. The van der Waals surface area contributed by atoms with E-state index in [4.69, 9.17) is 0 Å². The van der Waals surface area contributed by atoms with Gasteiger partial charge in [0.1, 0.15) is 0 Å². The molecule has 0 atom stereocenters. The van der Waals surface area contributed by atoms with E-state index in [0.717, 1.165) is 17.0 Å². The van der Waals surface area contributed by atoms with Crippen LogP contribution < -0.4 is 5.32 Å². The SMILES string of the molecule is Cc1ccc2nc(NC3CCCCCC3)[nH]c2c1. The summed E-state index contributed by atoms with van der Waals surface area (Å²) >= 11 is 0. The molecular weight excluding hydrogens is 222 g/mol. The van der Waals surface area contributed by atoms with Crippen molar-refractivity contribution in [2.24, 2.45) is 0 Å². The lowest BCUT2D eigenvalue weighted by Crippen LogP contribution is -2.18. The summed E-state index contributed by atoms with van der Waals surface area (Å²) in [6.07, 6.45) is 8.01. The van der Waals surface area contributed by atoms with E-state index in [9.17, 15) is 0 Å². The third-order valence-corrected chi connectivity index (χ3v) is 3.83. The predicted octanol–water partition coefficient (Wildman–Crippen LogP) is 4.01. The number of aryl methyl sites for hydroxylation is 1. The highest BCUT2D eigenvalue weighted by molar-refractivity contribution is 5.78. The number of aromatic amines is 1. The Kier molecular flexibility index (Phi) is 3.22. The molecule has 1 aliphatic carbocycles. The molecule has 1 aromatic heterocycles. The van der Waals surface area contributed by atoms with Crippen molar-refractivity contribution in [2.75, 3.05) is 5.32 Å². The second-order valence-corrected chi connectivity index (χ2v) is 5.44. The Balaban J connectivity index is 1.77. The Morgan fingerprint density at radius 2 is 1.94 bits per heavy atom. The fourth-order valence-electron chi connectivity index (χ4n) is 2.81. The Morgan fingerprint density at radius 1 is 1.17 bits per heavy atom. The van der Waals surface area contributed by atoms with Crippen molar-refractivity contribution in [3.05, 3.63) is 23.8 Å². The first-order chi connectivity index (χ1) is 8.81. The number of anilines is 1. The van der Waals surface area contributed by atoms with Gasteiger partial charge in [-0.1, -0.05) is 31.7 Å². The van der Waals surface area contributed by atoms with E-state index in [1.54, 1.807) is 0 Å². The summed E-state index contributed by atoms with van der Waals surface area (Å²) in [5.74, 6) is 0.933. The number of fused-ring (bicyclic) bond motifs is 1. The quantitative estimate of drug-likeness (QED) is 0.782. The lowest BCUT2D eigenvalue weighted by atomic mass is 10.1. The maximum Gasteiger partial charge on any atom is 0.201 e. The van der Waals surface area contributed by atoms with Crippen LogP contribution in [-0.2, 0) is 0 Å². The first-order valence-electron chi connectivity index (χ1n) is 7.04. The topological polar surface area (TPSA) is 40.7 Å². The molecule has 18 heavy (non-hydrogen) atoms. The highest BCUT2D eigenvalue weighted by Gasteiger charge is 2.13. The number of hydrogen-bond donors (Lipinski definition) is 2. The van der Waals surface area contributed by atoms with Gasteiger partial charge in [0.15, 0.2) is 0 Å². The van der Waals surface area contributed by atoms with Gasteiger partial charge in [0, 0.05) is 6.04 Å². The summed E-state index contributed by atoms with van der Waals surface area (Å²) in [7, 11) is 0. The molecule has 3 rings (SSSR count). The summed E-state index contributed by atoms with van der Waals surface area (Å²) in [6, 6.07) is 6.94. The fourth-order valence-corrected chi connectivity index (χ4v) is 2.81. The smallest absolute Gasteiger partial charge is 0.201 e. The summed E-state index contributed by atoms with van der Waals surface area (Å²) in [5, 5.41) is 3.56. The molecule has 1 aromatic carbocycles. The largest absolute Gasteiger partial charge is 0.353 e. The average molecular weight is 243 g/mol. The molecule has 0 saturated heterocycles. The second-order valence-electron chi connectivity index (χ2n) is 5.44. The number of imidazole rings is 1. The van der Waals surface area contributed by atoms with Gasteiger partial charge < -0.3 is 10.3 Å². The van der Waals surface area contributed by atoms with Crippen LogP contribution in [0.3, 0.4) is 0 Å². The Labute approximate surface area is 108 Å². The minimum atomic E-state index is 0.592. The number of benzene rings is 1. The molecule has 0 radical (unpaired) electrons. The van der Waals surface area contributed by atoms with Gasteiger partial charge in [0.05, 0.1) is 11.0 Å². The van der Waals surface area contributed by atoms with Crippen LogP contribution in [0.2, 0.25) is 0 Å². The Bertz CT molecular complexity index is 522. The molecule has 2 aromatic rings. The fraction of sp³-hybridized carbons (Fsp3) is 0.533. The molecule has 0 aliphatic heterocycles. The van der Waals surface area contributed by atoms with Crippen molar-refractivity contribution < 1.29 is 0 Å². The molecule has 1 heterocycles. The molecule has 3 heteroatoms. The van der Waals surface area contributed by atoms with E-state index in [2.05, 4.69) is 40.4 Å². The number of aromatic nitrogens is 2. The van der Waals surface area contributed by atoms with Crippen LogP contribution in [0.4, 0.5) is 5.95 Å². The number of nitrogens with one attached hydrogen (secondary N) is 2. The molecule has 0 bridgehead atoms. The number of nitrogens with zero attached hydrogens (tertiary/aromatic N) is 1. The lowest BCUT2D eigenvalue weighted by molar-refractivity contribution is 0.616. The monoisotopic (exact) mass is 243 g/mol. The zero-order valence-corrected chi connectivity index (χ0v) is 11.0. The minimum absolute atomic E-state index is 0.592. The zero-order valence-electron chi connectivity index (χ0n) is 11.0. The van der Waals surface area contributed by atoms with Crippen molar-refractivity contribution in [3.8, 4) is 0 Å². The van der Waals surface area contributed by atoms with E-state index in [-0.39, 0.29) is 0 Å². The molecule has 1 aliphatic rings. The first-order valence-corrected chi connectivity index (χ1v) is 7.04. The van der Waals surface area contributed by atoms with Gasteiger partial charge in [-0.3, -0.25) is 0 Å². The third-order valence-electron chi connectivity index (χ3n) is 3.83. The molecule has 0 spiro atoms. The number of rotatable bonds is 2. The summed E-state index contributed by atoms with van der Waals surface area (Å²) in [4.78, 5) is 7.99. The average Bonchev–Trinajstić information content (AvgIpc) is 2.57. The standard InChI is InChI=1S/C15H21N3/c1-11-8-9-13-14(10-11)18-15(17-13)16-12-6-4-2-3-5-7-12/h8-10,12H,2-7H2,1H3,(H2,16,17,18). The van der Waals surface area contributed by atoms with Gasteiger partial charge in [-0.05, 0) is 37.5 Å². The van der Waals surface area contributed by atoms with Crippen LogP contribution in [0.1, 0.15) is 44.1 Å². The third kappa shape index (κ3) is 2.50. The second kappa shape index (κ2) is 5.01. The summed E-state index contributed by atoms with van der Waals surface area (Å²) in [5.41, 5.74) is 3.45. The normalized spacial score (nSPS) is 17.8. The predicted molar refractivity (Wildman–Crippen MR) is 75.9 cm³/mol.